The number of thioether (sulfide) groups is 1. The fourth-order valence-corrected chi connectivity index (χ4v) is 6.29. The number of urea groups is 1. The number of hydrogen-bond donors (Lipinski definition) is 1. The van der Waals surface area contributed by atoms with Crippen molar-refractivity contribution in [3.63, 3.8) is 0 Å². The van der Waals surface area contributed by atoms with Crippen LogP contribution in [-0.4, -0.2) is 63.9 Å². The lowest BCUT2D eigenvalue weighted by atomic mass is 10.0. The van der Waals surface area contributed by atoms with Gasteiger partial charge in [0.2, 0.25) is 5.91 Å². The molecule has 2 aromatic rings. The number of halogens is 1. The summed E-state index contributed by atoms with van der Waals surface area (Å²) >= 11 is 1.67. The number of hydrogen-bond acceptors (Lipinski definition) is 5. The van der Waals surface area contributed by atoms with E-state index in [4.69, 9.17) is 0 Å². The Morgan fingerprint density at radius 1 is 1.06 bits per heavy atom. The van der Waals surface area contributed by atoms with Crippen molar-refractivity contribution in [3.8, 4) is 0 Å². The van der Waals surface area contributed by atoms with Crippen molar-refractivity contribution < 1.29 is 18.8 Å². The standard InChI is InChI=1S/C23H23FN4O3S/c24-17-8-4-5-9-18(17)25-20(29)14-26-12-10-23(11-13-26)28-19(15-32-23)21(30)27(22(28)31)16-6-2-1-3-7-16/h1-9,19H,10-15H2,(H,25,29). The second-order valence-electron chi connectivity index (χ2n) is 8.24. The third-order valence-corrected chi connectivity index (χ3v) is 7.95. The lowest BCUT2D eigenvalue weighted by Gasteiger charge is -2.43. The van der Waals surface area contributed by atoms with E-state index in [1.165, 1.54) is 17.0 Å². The van der Waals surface area contributed by atoms with Crippen molar-refractivity contribution in [1.82, 2.24) is 9.80 Å². The van der Waals surface area contributed by atoms with E-state index in [1.807, 2.05) is 23.1 Å². The third kappa shape index (κ3) is 3.55. The maximum Gasteiger partial charge on any atom is 0.333 e. The number of para-hydroxylation sites is 2. The van der Waals surface area contributed by atoms with Gasteiger partial charge in [0.25, 0.3) is 5.91 Å². The Morgan fingerprint density at radius 2 is 1.75 bits per heavy atom. The number of carbonyl (C=O) groups excluding carboxylic acids is 3. The van der Waals surface area contributed by atoms with Crippen LogP contribution in [0.1, 0.15) is 12.8 Å². The van der Waals surface area contributed by atoms with E-state index in [9.17, 15) is 18.8 Å². The Hall–Kier alpha value is -2.91. The Balaban J connectivity index is 1.24. The molecule has 3 aliphatic rings. The number of benzene rings is 2. The highest BCUT2D eigenvalue weighted by atomic mass is 32.2. The minimum absolute atomic E-state index is 0.154. The van der Waals surface area contributed by atoms with Crippen molar-refractivity contribution in [3.05, 3.63) is 60.4 Å². The zero-order valence-electron chi connectivity index (χ0n) is 17.4. The number of imide groups is 1. The molecule has 0 saturated carbocycles. The molecule has 1 atom stereocenters. The summed E-state index contributed by atoms with van der Waals surface area (Å²) in [5, 5.41) is 2.62. The van der Waals surface area contributed by atoms with Crippen molar-refractivity contribution in [2.24, 2.45) is 0 Å². The van der Waals surface area contributed by atoms with Crippen LogP contribution in [0.3, 0.4) is 0 Å². The average Bonchev–Trinajstić information content (AvgIpc) is 3.28. The Kier molecular flexibility index (Phi) is 5.38. The molecule has 32 heavy (non-hydrogen) atoms. The van der Waals surface area contributed by atoms with E-state index < -0.39 is 16.7 Å². The normalized spacial score (nSPS) is 22.5. The number of anilines is 2. The summed E-state index contributed by atoms with van der Waals surface area (Å²) in [5.74, 6) is -0.322. The summed E-state index contributed by atoms with van der Waals surface area (Å²) in [7, 11) is 0. The van der Waals surface area contributed by atoms with Crippen LogP contribution in [0.15, 0.2) is 54.6 Å². The van der Waals surface area contributed by atoms with E-state index >= 15 is 0 Å². The summed E-state index contributed by atoms with van der Waals surface area (Å²) in [6.07, 6.45) is 1.34. The van der Waals surface area contributed by atoms with Gasteiger partial charge >= 0.3 is 6.03 Å². The molecule has 3 heterocycles. The molecule has 7 nitrogen and oxygen atoms in total. The van der Waals surface area contributed by atoms with Crippen LogP contribution in [0, 0.1) is 5.82 Å². The number of rotatable bonds is 4. The molecule has 1 N–H and O–H groups in total. The van der Waals surface area contributed by atoms with Gasteiger partial charge in [0.05, 0.1) is 22.8 Å². The second-order valence-corrected chi connectivity index (χ2v) is 9.62. The molecule has 1 spiro atoms. The van der Waals surface area contributed by atoms with Gasteiger partial charge in [-0.1, -0.05) is 30.3 Å². The predicted octanol–water partition coefficient (Wildman–Crippen LogP) is 3.14. The number of amides is 4. The van der Waals surface area contributed by atoms with Crippen LogP contribution >= 0.6 is 11.8 Å². The van der Waals surface area contributed by atoms with Crippen molar-refractivity contribution in [2.75, 3.05) is 35.6 Å². The first-order chi connectivity index (χ1) is 15.5. The van der Waals surface area contributed by atoms with Gasteiger partial charge in [-0.2, -0.15) is 0 Å². The summed E-state index contributed by atoms with van der Waals surface area (Å²) in [5.41, 5.74) is 0.765. The van der Waals surface area contributed by atoms with Crippen molar-refractivity contribution >= 4 is 41.0 Å². The maximum absolute atomic E-state index is 13.8. The van der Waals surface area contributed by atoms with Gasteiger partial charge in [0, 0.05) is 18.8 Å². The molecule has 2 aromatic carbocycles. The van der Waals surface area contributed by atoms with E-state index in [1.54, 1.807) is 40.9 Å². The Bertz CT molecular complexity index is 1060. The molecular formula is C23H23FN4O3S. The molecule has 0 aliphatic carbocycles. The first kappa shape index (κ1) is 21.0. The number of likely N-dealkylation sites (tertiary alicyclic amines) is 1. The second kappa shape index (κ2) is 8.22. The third-order valence-electron chi connectivity index (χ3n) is 6.33. The number of nitrogens with zero attached hydrogens (tertiary/aromatic N) is 3. The number of piperidine rings is 1. The predicted molar refractivity (Wildman–Crippen MR) is 121 cm³/mol. The van der Waals surface area contributed by atoms with Gasteiger partial charge < -0.3 is 5.32 Å². The molecule has 5 rings (SSSR count). The lowest BCUT2D eigenvalue weighted by Crippen LogP contribution is -2.54. The molecule has 0 bridgehead atoms. The summed E-state index contributed by atoms with van der Waals surface area (Å²) < 4.78 is 13.8. The molecule has 0 radical (unpaired) electrons. The van der Waals surface area contributed by atoms with Crippen LogP contribution < -0.4 is 10.2 Å². The van der Waals surface area contributed by atoms with Gasteiger partial charge in [-0.25, -0.2) is 14.1 Å². The largest absolute Gasteiger partial charge is 0.333 e. The van der Waals surface area contributed by atoms with E-state index in [2.05, 4.69) is 5.32 Å². The summed E-state index contributed by atoms with van der Waals surface area (Å²) in [4.78, 5) is 43.3. The highest BCUT2D eigenvalue weighted by Crippen LogP contribution is 2.50. The summed E-state index contributed by atoms with van der Waals surface area (Å²) in [6, 6.07) is 14.4. The summed E-state index contributed by atoms with van der Waals surface area (Å²) in [6.45, 7) is 1.39. The zero-order valence-corrected chi connectivity index (χ0v) is 18.2. The van der Waals surface area contributed by atoms with Gasteiger partial charge in [0.1, 0.15) is 11.9 Å². The molecular weight excluding hydrogens is 431 g/mol. The van der Waals surface area contributed by atoms with E-state index in [0.717, 1.165) is 0 Å². The monoisotopic (exact) mass is 454 g/mol. The van der Waals surface area contributed by atoms with Gasteiger partial charge in [-0.05, 0) is 37.1 Å². The van der Waals surface area contributed by atoms with Crippen LogP contribution in [0.2, 0.25) is 0 Å². The minimum Gasteiger partial charge on any atom is -0.322 e. The zero-order chi connectivity index (χ0) is 22.3. The number of fused-ring (bicyclic) bond motifs is 2. The molecule has 166 valence electrons. The van der Waals surface area contributed by atoms with Crippen LogP contribution in [0.4, 0.5) is 20.6 Å². The first-order valence-corrected chi connectivity index (χ1v) is 11.6. The lowest BCUT2D eigenvalue weighted by molar-refractivity contribution is -0.119. The molecule has 0 aromatic heterocycles. The fourth-order valence-electron chi connectivity index (χ4n) is 4.72. The molecule has 1 unspecified atom stereocenters. The topological polar surface area (TPSA) is 73.0 Å². The molecule has 3 saturated heterocycles. The van der Waals surface area contributed by atoms with Gasteiger partial charge in [0.15, 0.2) is 0 Å². The Labute approximate surface area is 189 Å². The first-order valence-electron chi connectivity index (χ1n) is 10.6. The SMILES string of the molecule is O=C(CN1CCC2(CC1)SCC1C(=O)N(c3ccccc3)C(=O)N12)Nc1ccccc1F. The highest BCUT2D eigenvalue weighted by molar-refractivity contribution is 8.01. The van der Waals surface area contributed by atoms with Crippen LogP contribution in [0.5, 0.6) is 0 Å². The number of carbonyl (C=O) groups is 3. The van der Waals surface area contributed by atoms with Crippen molar-refractivity contribution in [1.29, 1.82) is 0 Å². The quantitative estimate of drug-likeness (QED) is 0.719. The maximum atomic E-state index is 13.8. The molecule has 4 amide bonds. The average molecular weight is 455 g/mol. The minimum atomic E-state index is -0.466. The molecule has 9 heteroatoms. The highest BCUT2D eigenvalue weighted by Gasteiger charge is 2.60. The van der Waals surface area contributed by atoms with Gasteiger partial charge in [-0.15, -0.1) is 11.8 Å². The number of nitrogens with one attached hydrogen (secondary N) is 1. The Morgan fingerprint density at radius 3 is 2.47 bits per heavy atom. The van der Waals surface area contributed by atoms with E-state index in [0.29, 0.717) is 37.4 Å². The van der Waals surface area contributed by atoms with Crippen LogP contribution in [-0.2, 0) is 9.59 Å². The molecule has 3 aliphatic heterocycles. The smallest absolute Gasteiger partial charge is 0.322 e. The molecule has 3 fully saturated rings. The van der Waals surface area contributed by atoms with Crippen molar-refractivity contribution in [2.45, 2.75) is 23.8 Å². The van der Waals surface area contributed by atoms with Crippen LogP contribution in [0.25, 0.3) is 0 Å². The van der Waals surface area contributed by atoms with E-state index in [-0.39, 0.29) is 30.1 Å². The fraction of sp³-hybridized carbons (Fsp3) is 0.348. The van der Waals surface area contributed by atoms with Gasteiger partial charge in [-0.3, -0.25) is 19.4 Å².